The summed E-state index contributed by atoms with van der Waals surface area (Å²) in [5.41, 5.74) is -3.29. The van der Waals surface area contributed by atoms with Crippen LogP contribution in [-0.2, 0) is 101 Å². The van der Waals surface area contributed by atoms with E-state index in [1.165, 1.54) is 37.3 Å². The fourth-order valence-corrected chi connectivity index (χ4v) is 12.6. The quantitative estimate of drug-likeness (QED) is 0.0198. The van der Waals surface area contributed by atoms with Gasteiger partial charge in [-0.3, -0.25) is 9.35 Å². The first kappa shape index (κ1) is 71.6. The monoisotopic (exact) mass is 1340 g/mol. The number of benzene rings is 3. The van der Waals surface area contributed by atoms with E-state index in [0.717, 1.165) is 18.2 Å². The van der Waals surface area contributed by atoms with Crippen LogP contribution in [0.1, 0.15) is 103 Å². The van der Waals surface area contributed by atoms with Gasteiger partial charge in [-0.05, 0) is 0 Å². The molecule has 0 aliphatic carbocycles. The van der Waals surface area contributed by atoms with E-state index in [1.807, 2.05) is 0 Å². The number of amides is 2. The maximum absolute atomic E-state index is 13.9. The SMILES string of the molecule is CC(CCCS(=O)(=O)O)([C](=[Ni])/C=C/C=C1/N(CCCCCC(=O)O)c2ccc3c(S(=O)(=O)O)cc(S(=O)(=O)O)cc3c2C1(C)CCCS(=O)(=O)O)c1[c-]cc(C(=O)NCCS(=O)(=O)O)cc1C(=O)NCCS(=O)(=O)O.[CH2-]CCS(=O)(=O)O. The van der Waals surface area contributed by atoms with Crippen LogP contribution in [0.4, 0.5) is 5.69 Å². The molecule has 2 unspecified atom stereocenters. The van der Waals surface area contributed by atoms with E-state index < -0.39 is 151 Å². The number of fused-ring (bicyclic) bond motifs is 3. The Kier molecular flexibility index (Phi) is 24.9. The van der Waals surface area contributed by atoms with Crippen molar-refractivity contribution in [3.05, 3.63) is 95.6 Å². The predicted octanol–water partition coefficient (Wildman–Crippen LogP) is 2.64. The molecule has 464 valence electrons. The van der Waals surface area contributed by atoms with Crippen molar-refractivity contribution >= 4 is 110 Å². The number of nitrogens with zero attached hydrogens (tertiary/aromatic N) is 1. The van der Waals surface area contributed by atoms with E-state index in [4.69, 9.17) is 24.1 Å². The number of rotatable bonds is 30. The van der Waals surface area contributed by atoms with Gasteiger partial charge in [-0.15, -0.1) is 0 Å². The normalized spacial score (nSPS) is 16.6. The van der Waals surface area contributed by atoms with Gasteiger partial charge in [0.25, 0.3) is 10.1 Å². The van der Waals surface area contributed by atoms with E-state index in [-0.39, 0.29) is 101 Å². The molecule has 2 atom stereocenters. The largest absolute Gasteiger partial charge is 0.342 e. The molecule has 1 heterocycles. The van der Waals surface area contributed by atoms with Crippen molar-refractivity contribution in [3.8, 4) is 0 Å². The summed E-state index contributed by atoms with van der Waals surface area (Å²) < 4.78 is 230. The first-order valence-electron chi connectivity index (χ1n) is 24.0. The van der Waals surface area contributed by atoms with Gasteiger partial charge >= 0.3 is 435 Å². The molecule has 0 aromatic heterocycles. The number of nitrogens with one attached hydrogen (secondary N) is 2. The van der Waals surface area contributed by atoms with Crippen molar-refractivity contribution < 1.29 is 125 Å². The fraction of sp³-hybridized carbons (Fsp3) is 0.457. The zero-order valence-electron chi connectivity index (χ0n) is 43.6. The average molecular weight is 1340 g/mol. The van der Waals surface area contributed by atoms with Crippen LogP contribution in [0.2, 0.25) is 0 Å². The van der Waals surface area contributed by atoms with Gasteiger partial charge in [-0.25, -0.2) is 0 Å². The minimum absolute atomic E-state index is 0.0619. The number of hydrogen-bond donors (Lipinski definition) is 10. The molecule has 3 aromatic carbocycles. The first-order chi connectivity index (χ1) is 37.3. The maximum atomic E-state index is 13.9. The molecule has 0 bridgehead atoms. The summed E-state index contributed by atoms with van der Waals surface area (Å²) in [6.07, 6.45) is 4.01. The smallest absolute Gasteiger partial charge is 0.262 e. The standard InChI is InChI=1S/C43H54N3O22S6.C3H7O3S.Ni/c1-42(17-8-22-69(51,52)53,34-14-12-29(40(49)44-19-24-71(57,58)59)26-33(34)41(50)45-20-25-72(60,61)62)16-6-5-10-37-43(2,18-9-23-70(54,55)56)39-32-27-30(73(63,64)65)28-36(74(66,67)68)31(32)13-15-35(39)46(37)21-7-3-4-11-38(47)48;1-2-3-7(4,5)6;/h5-6,10,12-13,15,26-28H,3-4,7-9,11,17-25H2,1-2H3,(H,44,49)(H,45,50)(H,47,48)(H,51,52,53)(H,54,55,56)(H,57,58,59)(H,60,61,62)(H,63,64,65)(H,66,67,68);1-3H2,(H,4,5,6);/q2*-1;/b6-5+,37-10+;;. The van der Waals surface area contributed by atoms with E-state index in [1.54, 1.807) is 11.8 Å². The molecule has 2 amide bonds. The summed E-state index contributed by atoms with van der Waals surface area (Å²) in [5.74, 6) is -6.83. The molecule has 82 heavy (non-hydrogen) atoms. The second kappa shape index (κ2) is 28.5. The number of allylic oxidation sites excluding steroid dienone is 4. The van der Waals surface area contributed by atoms with Gasteiger partial charge in [0.15, 0.2) is 0 Å². The van der Waals surface area contributed by atoms with Crippen LogP contribution in [0.5, 0.6) is 0 Å². The van der Waals surface area contributed by atoms with Gasteiger partial charge in [-0.2, -0.15) is 14.8 Å². The molecular weight excluding hydrogens is 1280 g/mol. The molecule has 0 saturated heterocycles. The molecule has 28 nitrogen and oxygen atoms in total. The third-order valence-corrected chi connectivity index (χ3v) is 18.7. The van der Waals surface area contributed by atoms with Gasteiger partial charge in [0.05, 0.1) is 0 Å². The summed E-state index contributed by atoms with van der Waals surface area (Å²) in [4.78, 5) is 38.2. The molecule has 0 fully saturated rings. The van der Waals surface area contributed by atoms with Crippen LogP contribution in [0.15, 0.2) is 70.1 Å². The van der Waals surface area contributed by atoms with Crippen molar-refractivity contribution in [3.63, 3.8) is 0 Å². The van der Waals surface area contributed by atoms with Crippen molar-refractivity contribution in [2.75, 3.05) is 53.3 Å². The number of carbonyl (C=O) groups excluding carboxylic acids is 2. The van der Waals surface area contributed by atoms with Gasteiger partial charge in [0, 0.05) is 5.75 Å². The molecule has 0 radical (unpaired) electrons. The van der Waals surface area contributed by atoms with Crippen LogP contribution >= 0.6 is 0 Å². The summed E-state index contributed by atoms with van der Waals surface area (Å²) in [6, 6.07) is 9.08. The number of anilines is 1. The summed E-state index contributed by atoms with van der Waals surface area (Å²) in [7, 11) is -32.5. The van der Waals surface area contributed by atoms with Crippen LogP contribution in [0, 0.1) is 13.0 Å². The third-order valence-electron chi connectivity index (χ3n) is 12.4. The van der Waals surface area contributed by atoms with Crippen LogP contribution in [0.25, 0.3) is 10.8 Å². The van der Waals surface area contributed by atoms with Crippen LogP contribution in [0.3, 0.4) is 0 Å². The Hall–Kier alpha value is -4.66. The average Bonchev–Trinajstić information content (AvgIpc) is 3.80. The number of aliphatic carboxylic acids is 1. The molecule has 1 aliphatic rings. The molecule has 0 saturated carbocycles. The first-order valence-corrected chi connectivity index (χ1v) is 35.4. The van der Waals surface area contributed by atoms with Crippen LogP contribution < -0.4 is 15.5 Å². The Morgan fingerprint density at radius 1 is 0.695 bits per heavy atom. The van der Waals surface area contributed by atoms with Gasteiger partial charge < -0.3 is 12.0 Å². The Morgan fingerprint density at radius 3 is 1.74 bits per heavy atom. The minimum Gasteiger partial charge on any atom is -0.342 e. The summed E-state index contributed by atoms with van der Waals surface area (Å²) >= 11 is 5.51. The van der Waals surface area contributed by atoms with Gasteiger partial charge in [0.1, 0.15) is 0 Å². The number of carboxylic acids is 1. The maximum Gasteiger partial charge on any atom is 0.262 e. The van der Waals surface area contributed by atoms with E-state index in [2.05, 4.69) is 23.6 Å². The zero-order chi connectivity index (χ0) is 62.7. The predicted molar refractivity (Wildman–Crippen MR) is 294 cm³/mol. The molecule has 4 rings (SSSR count). The Labute approximate surface area is 483 Å². The van der Waals surface area contributed by atoms with E-state index in [0.29, 0.717) is 18.9 Å². The number of hydrogen-bond acceptors (Lipinski definition) is 18. The van der Waals surface area contributed by atoms with Crippen molar-refractivity contribution in [2.45, 2.75) is 92.3 Å². The molecular formula is C46H61N3NiO25S7-2. The molecule has 0 spiro atoms. The van der Waals surface area contributed by atoms with Crippen molar-refractivity contribution in [2.24, 2.45) is 0 Å². The van der Waals surface area contributed by atoms with Crippen LogP contribution in [-0.4, -0.2) is 167 Å². The molecule has 36 heteroatoms. The van der Waals surface area contributed by atoms with Crippen molar-refractivity contribution in [1.29, 1.82) is 0 Å². The third kappa shape index (κ3) is 22.1. The minimum atomic E-state index is -5.21. The molecule has 1 aliphatic heterocycles. The molecule has 3 aromatic rings. The fourth-order valence-electron chi connectivity index (χ4n) is 8.77. The Morgan fingerprint density at radius 2 is 1.24 bits per heavy atom. The summed E-state index contributed by atoms with van der Waals surface area (Å²) in [5, 5.41) is 13.4. The number of unbranched alkanes of at least 4 members (excludes halogenated alkanes) is 2. The molecule has 10 N–H and O–H groups in total. The van der Waals surface area contributed by atoms with Gasteiger partial charge in [-0.1, -0.05) is 0 Å². The second-order valence-corrected chi connectivity index (χ2v) is 30.1. The summed E-state index contributed by atoms with van der Waals surface area (Å²) in [6.45, 7) is 5.07. The van der Waals surface area contributed by atoms with Gasteiger partial charge in [0.2, 0.25) is 0 Å². The number of carbonyl (C=O) groups is 3. The van der Waals surface area contributed by atoms with E-state index in [9.17, 15) is 101 Å². The zero-order valence-corrected chi connectivity index (χ0v) is 50.3. The van der Waals surface area contributed by atoms with E-state index >= 15 is 0 Å². The Bertz CT molecular complexity index is 3820. The second-order valence-electron chi connectivity index (χ2n) is 18.9. The number of carboxylic acid groups (broad SMARTS) is 1. The topological polar surface area (TPSA) is 479 Å². The Balaban J connectivity index is 0.00000236. The van der Waals surface area contributed by atoms with Crippen molar-refractivity contribution in [1.82, 2.24) is 10.6 Å².